The number of nitrogens with one attached hydrogen (secondary N) is 1. The lowest BCUT2D eigenvalue weighted by molar-refractivity contribution is -0.384. The Hall–Kier alpha value is -3.32. The van der Waals surface area contributed by atoms with Crippen molar-refractivity contribution in [2.45, 2.75) is 40.0 Å². The van der Waals surface area contributed by atoms with Gasteiger partial charge in [-0.25, -0.2) is 4.99 Å². The van der Waals surface area contributed by atoms with Crippen LogP contribution in [0.15, 0.2) is 59.6 Å². The summed E-state index contributed by atoms with van der Waals surface area (Å²) in [6, 6.07) is 15.7. The number of benzene rings is 2. The third kappa shape index (κ3) is 5.20. The van der Waals surface area contributed by atoms with Crippen LogP contribution in [0.3, 0.4) is 0 Å². The molecule has 1 amide bonds. The van der Waals surface area contributed by atoms with Gasteiger partial charge in [-0.05, 0) is 53.9 Å². The number of para-hydroxylation sites is 1. The molecule has 33 heavy (non-hydrogen) atoms. The molecule has 0 spiro atoms. The number of anilines is 1. The Balaban J connectivity index is 1.71. The van der Waals surface area contributed by atoms with E-state index in [4.69, 9.17) is 0 Å². The monoisotopic (exact) mass is 461 g/mol. The SMILES string of the molecule is CC(C)(C)[C@@H]1CCc2c(sc(N=Cc3cccc([N+](=O)[O-])c3)c2C(=O)Nc2ccccc2)C1. The lowest BCUT2D eigenvalue weighted by Crippen LogP contribution is -2.27. The quantitative estimate of drug-likeness (QED) is 0.257. The molecule has 0 aliphatic heterocycles. The van der Waals surface area contributed by atoms with Crippen LogP contribution < -0.4 is 5.32 Å². The standard InChI is InChI=1S/C26H27N3O3S/c1-26(2,3)18-12-13-21-22(15-18)33-25(23(21)24(30)28-19-9-5-4-6-10-19)27-16-17-8-7-11-20(14-17)29(31)32/h4-11,14,16,18H,12-13,15H2,1-3H3,(H,28,30)/t18-/m1/s1. The molecule has 1 aromatic heterocycles. The highest BCUT2D eigenvalue weighted by atomic mass is 32.1. The van der Waals surface area contributed by atoms with E-state index in [2.05, 4.69) is 31.1 Å². The number of fused-ring (bicyclic) bond motifs is 1. The van der Waals surface area contributed by atoms with Crippen LogP contribution in [-0.2, 0) is 12.8 Å². The predicted molar refractivity (Wildman–Crippen MR) is 134 cm³/mol. The Kier molecular flexibility index (Phi) is 6.42. The lowest BCUT2D eigenvalue weighted by atomic mass is 9.72. The van der Waals surface area contributed by atoms with Crippen molar-refractivity contribution in [3.63, 3.8) is 0 Å². The van der Waals surface area contributed by atoms with Crippen LogP contribution in [0.1, 0.15) is 53.6 Å². The maximum Gasteiger partial charge on any atom is 0.270 e. The second-order valence-electron chi connectivity index (χ2n) is 9.42. The Labute approximate surface area is 197 Å². The predicted octanol–water partition coefficient (Wildman–Crippen LogP) is 6.81. The highest BCUT2D eigenvalue weighted by Gasteiger charge is 2.33. The van der Waals surface area contributed by atoms with Crippen LogP contribution in [0.25, 0.3) is 0 Å². The molecule has 1 atom stereocenters. The minimum absolute atomic E-state index is 0.0134. The van der Waals surface area contributed by atoms with E-state index in [1.54, 1.807) is 29.7 Å². The van der Waals surface area contributed by atoms with E-state index in [9.17, 15) is 14.9 Å². The maximum atomic E-state index is 13.3. The van der Waals surface area contributed by atoms with E-state index in [-0.39, 0.29) is 17.0 Å². The molecule has 2 aromatic carbocycles. The third-order valence-electron chi connectivity index (χ3n) is 6.14. The zero-order chi connectivity index (χ0) is 23.6. The number of thiophene rings is 1. The number of hydrogen-bond donors (Lipinski definition) is 1. The molecule has 1 aliphatic carbocycles. The second-order valence-corrected chi connectivity index (χ2v) is 10.5. The summed E-state index contributed by atoms with van der Waals surface area (Å²) in [7, 11) is 0. The first kappa shape index (κ1) is 22.9. The first-order chi connectivity index (χ1) is 15.7. The summed E-state index contributed by atoms with van der Waals surface area (Å²) in [6.45, 7) is 6.79. The zero-order valence-electron chi connectivity index (χ0n) is 19.0. The molecule has 6 nitrogen and oxygen atoms in total. The van der Waals surface area contributed by atoms with E-state index in [0.29, 0.717) is 22.0 Å². The van der Waals surface area contributed by atoms with Crippen molar-refractivity contribution in [3.8, 4) is 0 Å². The molecule has 0 unspecified atom stereocenters. The highest BCUT2D eigenvalue weighted by molar-refractivity contribution is 7.16. The van der Waals surface area contributed by atoms with Gasteiger partial charge >= 0.3 is 0 Å². The van der Waals surface area contributed by atoms with Crippen LogP contribution in [0.5, 0.6) is 0 Å². The Morgan fingerprint density at radius 1 is 1.18 bits per heavy atom. The second kappa shape index (κ2) is 9.27. The topological polar surface area (TPSA) is 84.6 Å². The van der Waals surface area contributed by atoms with E-state index >= 15 is 0 Å². The molecule has 1 aliphatic rings. The number of rotatable bonds is 5. The van der Waals surface area contributed by atoms with E-state index in [1.807, 2.05) is 30.3 Å². The van der Waals surface area contributed by atoms with Gasteiger partial charge in [-0.1, -0.05) is 51.1 Å². The highest BCUT2D eigenvalue weighted by Crippen LogP contribution is 2.45. The van der Waals surface area contributed by atoms with Gasteiger partial charge in [0.05, 0.1) is 10.5 Å². The number of nitro groups is 1. The fraction of sp³-hybridized carbons (Fsp3) is 0.308. The van der Waals surface area contributed by atoms with Crippen molar-refractivity contribution in [3.05, 3.63) is 86.3 Å². The van der Waals surface area contributed by atoms with Gasteiger partial charge in [-0.3, -0.25) is 14.9 Å². The molecule has 170 valence electrons. The molecule has 0 fully saturated rings. The molecule has 3 aromatic rings. The first-order valence-corrected chi connectivity index (χ1v) is 11.8. The van der Waals surface area contributed by atoms with Gasteiger partial charge in [0.25, 0.3) is 11.6 Å². The fourth-order valence-corrected chi connectivity index (χ4v) is 5.47. The number of carbonyl (C=O) groups excluding carboxylic acids is 1. The normalized spacial score (nSPS) is 15.9. The zero-order valence-corrected chi connectivity index (χ0v) is 19.8. The molecule has 7 heteroatoms. The van der Waals surface area contributed by atoms with Gasteiger partial charge in [0.2, 0.25) is 0 Å². The first-order valence-electron chi connectivity index (χ1n) is 11.0. The number of nitro benzene ring substituents is 1. The van der Waals surface area contributed by atoms with Crippen LogP contribution in [-0.4, -0.2) is 17.0 Å². The average molecular weight is 462 g/mol. The van der Waals surface area contributed by atoms with Crippen molar-refractivity contribution in [2.75, 3.05) is 5.32 Å². The van der Waals surface area contributed by atoms with Gasteiger partial charge in [0.15, 0.2) is 0 Å². The van der Waals surface area contributed by atoms with E-state index in [1.165, 1.54) is 17.0 Å². The lowest BCUT2D eigenvalue weighted by Gasteiger charge is -2.33. The largest absolute Gasteiger partial charge is 0.322 e. The Morgan fingerprint density at radius 2 is 1.94 bits per heavy atom. The molecule has 4 rings (SSSR count). The van der Waals surface area contributed by atoms with Crippen LogP contribution in [0.2, 0.25) is 0 Å². The summed E-state index contributed by atoms with van der Waals surface area (Å²) >= 11 is 1.56. The molecular weight excluding hydrogens is 434 g/mol. The van der Waals surface area contributed by atoms with Crippen LogP contribution in [0.4, 0.5) is 16.4 Å². The Bertz CT molecular complexity index is 1210. The number of carbonyl (C=O) groups is 1. The Morgan fingerprint density at radius 3 is 2.64 bits per heavy atom. The van der Waals surface area contributed by atoms with Crippen LogP contribution >= 0.6 is 11.3 Å². The number of nitrogens with zero attached hydrogens (tertiary/aromatic N) is 2. The van der Waals surface area contributed by atoms with Crippen molar-refractivity contribution in [1.82, 2.24) is 0 Å². The fourth-order valence-electron chi connectivity index (χ4n) is 4.20. The summed E-state index contributed by atoms with van der Waals surface area (Å²) in [4.78, 5) is 29.9. The summed E-state index contributed by atoms with van der Waals surface area (Å²) in [6.07, 6.45) is 4.41. The molecule has 0 radical (unpaired) electrons. The maximum absolute atomic E-state index is 13.3. The van der Waals surface area contributed by atoms with Crippen molar-refractivity contribution < 1.29 is 9.72 Å². The number of non-ortho nitro benzene ring substituents is 1. The van der Waals surface area contributed by atoms with Gasteiger partial charge in [0.1, 0.15) is 5.00 Å². The molecule has 0 saturated carbocycles. The average Bonchev–Trinajstić information content (AvgIpc) is 3.15. The number of amides is 1. The van der Waals surface area contributed by atoms with E-state index in [0.717, 1.165) is 30.5 Å². The molecule has 1 heterocycles. The van der Waals surface area contributed by atoms with Gasteiger partial charge in [0, 0.05) is 28.9 Å². The summed E-state index contributed by atoms with van der Waals surface area (Å²) < 4.78 is 0. The van der Waals surface area contributed by atoms with Crippen molar-refractivity contribution in [2.24, 2.45) is 16.3 Å². The van der Waals surface area contributed by atoms with Gasteiger partial charge in [-0.2, -0.15) is 0 Å². The molecule has 0 bridgehead atoms. The molecular formula is C26H27N3O3S. The molecule has 0 saturated heterocycles. The number of aliphatic imine (C=N–C) groups is 1. The van der Waals surface area contributed by atoms with Crippen LogP contribution in [0, 0.1) is 21.4 Å². The van der Waals surface area contributed by atoms with E-state index < -0.39 is 4.92 Å². The summed E-state index contributed by atoms with van der Waals surface area (Å²) in [5.74, 6) is 0.376. The summed E-state index contributed by atoms with van der Waals surface area (Å²) in [5.41, 5.74) is 3.27. The van der Waals surface area contributed by atoms with Crippen molar-refractivity contribution in [1.29, 1.82) is 0 Å². The third-order valence-corrected chi connectivity index (χ3v) is 7.30. The van der Waals surface area contributed by atoms with Gasteiger partial charge < -0.3 is 5.32 Å². The number of hydrogen-bond acceptors (Lipinski definition) is 5. The molecule has 1 N–H and O–H groups in total. The smallest absolute Gasteiger partial charge is 0.270 e. The minimum Gasteiger partial charge on any atom is -0.322 e. The van der Waals surface area contributed by atoms with Crippen molar-refractivity contribution >= 4 is 39.8 Å². The summed E-state index contributed by atoms with van der Waals surface area (Å²) in [5, 5.41) is 14.7. The minimum atomic E-state index is -0.424. The van der Waals surface area contributed by atoms with Gasteiger partial charge in [-0.15, -0.1) is 11.3 Å².